The lowest BCUT2D eigenvalue weighted by molar-refractivity contribution is -0.115. The van der Waals surface area contributed by atoms with Crippen molar-refractivity contribution in [2.45, 2.75) is 25.9 Å². The van der Waals surface area contributed by atoms with Gasteiger partial charge in [-0.1, -0.05) is 42.5 Å². The number of rotatable bonds is 10. The van der Waals surface area contributed by atoms with Crippen LogP contribution in [0.4, 0.5) is 5.69 Å². The number of carbonyl (C=O) groups is 1. The highest BCUT2D eigenvalue weighted by Gasteiger charge is 2.20. The molecule has 1 aliphatic rings. The third-order valence-electron chi connectivity index (χ3n) is 4.27. The first kappa shape index (κ1) is 17.6. The van der Waals surface area contributed by atoms with Crippen LogP contribution in [0.1, 0.15) is 24.0 Å². The highest BCUT2D eigenvalue weighted by molar-refractivity contribution is 5.92. The number of hydrogen-bond acceptors (Lipinski definition) is 3. The fourth-order valence-corrected chi connectivity index (χ4v) is 2.68. The zero-order valence-corrected chi connectivity index (χ0v) is 14.5. The molecule has 4 nitrogen and oxygen atoms in total. The van der Waals surface area contributed by atoms with Crippen molar-refractivity contribution in [3.63, 3.8) is 0 Å². The normalized spacial score (nSPS) is 13.6. The van der Waals surface area contributed by atoms with Gasteiger partial charge in [-0.2, -0.15) is 0 Å². The van der Waals surface area contributed by atoms with E-state index < -0.39 is 0 Å². The second-order valence-corrected chi connectivity index (χ2v) is 6.61. The van der Waals surface area contributed by atoms with Gasteiger partial charge in [-0.15, -0.1) is 0 Å². The van der Waals surface area contributed by atoms with Gasteiger partial charge in [-0.25, -0.2) is 0 Å². The van der Waals surface area contributed by atoms with E-state index in [0.29, 0.717) is 19.8 Å². The summed E-state index contributed by atoms with van der Waals surface area (Å²) in [6.07, 6.45) is 3.49. The van der Waals surface area contributed by atoms with Crippen molar-refractivity contribution >= 4 is 11.6 Å². The monoisotopic (exact) mass is 338 g/mol. The van der Waals surface area contributed by atoms with Gasteiger partial charge in [0.1, 0.15) is 0 Å². The Morgan fingerprint density at radius 3 is 2.64 bits per heavy atom. The van der Waals surface area contributed by atoms with E-state index in [2.05, 4.69) is 22.8 Å². The van der Waals surface area contributed by atoms with Crippen LogP contribution in [0.25, 0.3) is 0 Å². The van der Waals surface area contributed by atoms with E-state index in [1.807, 2.05) is 42.5 Å². The highest BCUT2D eigenvalue weighted by atomic mass is 16.5. The van der Waals surface area contributed by atoms with Crippen molar-refractivity contribution in [1.82, 2.24) is 5.32 Å². The van der Waals surface area contributed by atoms with Crippen LogP contribution in [-0.2, 0) is 22.6 Å². The summed E-state index contributed by atoms with van der Waals surface area (Å²) in [5, 5.41) is 6.14. The van der Waals surface area contributed by atoms with Crippen LogP contribution in [0.2, 0.25) is 0 Å². The number of amides is 1. The SMILES string of the molecule is O=C(CNCC1CC1)Nc1cccc(COCCc2ccccc2)c1. The maximum absolute atomic E-state index is 11.9. The Morgan fingerprint density at radius 2 is 1.84 bits per heavy atom. The van der Waals surface area contributed by atoms with E-state index in [9.17, 15) is 4.79 Å². The van der Waals surface area contributed by atoms with Crippen LogP contribution in [0.15, 0.2) is 54.6 Å². The standard InChI is InChI=1S/C21H26N2O2/c24-21(15-22-14-18-9-10-18)23-20-8-4-7-19(13-20)16-25-12-11-17-5-2-1-3-6-17/h1-8,13,18,22H,9-12,14-16H2,(H,23,24). The number of carbonyl (C=O) groups excluding carboxylic acids is 1. The molecule has 0 unspecified atom stereocenters. The number of ether oxygens (including phenoxy) is 1. The molecule has 0 heterocycles. The van der Waals surface area contributed by atoms with Crippen molar-refractivity contribution in [2.24, 2.45) is 5.92 Å². The molecule has 132 valence electrons. The fraction of sp³-hybridized carbons (Fsp3) is 0.381. The van der Waals surface area contributed by atoms with Gasteiger partial charge in [0.25, 0.3) is 0 Å². The summed E-state index contributed by atoms with van der Waals surface area (Å²) in [7, 11) is 0. The summed E-state index contributed by atoms with van der Waals surface area (Å²) in [4.78, 5) is 11.9. The van der Waals surface area contributed by atoms with Crippen LogP contribution >= 0.6 is 0 Å². The first-order chi connectivity index (χ1) is 12.3. The molecule has 0 saturated heterocycles. The topological polar surface area (TPSA) is 50.4 Å². The molecule has 0 radical (unpaired) electrons. The molecule has 2 aromatic rings. The quantitative estimate of drug-likeness (QED) is 0.653. The zero-order chi connectivity index (χ0) is 17.3. The minimum Gasteiger partial charge on any atom is -0.376 e. The van der Waals surface area contributed by atoms with Gasteiger partial charge in [-0.05, 0) is 55.0 Å². The van der Waals surface area contributed by atoms with Gasteiger partial charge in [0.2, 0.25) is 5.91 Å². The summed E-state index contributed by atoms with van der Waals surface area (Å²) < 4.78 is 5.76. The van der Waals surface area contributed by atoms with Crippen LogP contribution in [0, 0.1) is 5.92 Å². The van der Waals surface area contributed by atoms with Crippen LogP contribution < -0.4 is 10.6 Å². The molecule has 0 aliphatic heterocycles. The molecular formula is C21H26N2O2. The number of benzene rings is 2. The molecule has 4 heteroatoms. The first-order valence-electron chi connectivity index (χ1n) is 9.01. The minimum atomic E-state index is 0.00259. The van der Waals surface area contributed by atoms with E-state index in [1.54, 1.807) is 0 Å². The maximum Gasteiger partial charge on any atom is 0.238 e. The molecule has 1 saturated carbocycles. The summed E-state index contributed by atoms with van der Waals surface area (Å²) in [5.74, 6) is 0.784. The summed E-state index contributed by atoms with van der Waals surface area (Å²) in [6, 6.07) is 18.2. The highest BCUT2D eigenvalue weighted by Crippen LogP contribution is 2.27. The van der Waals surface area contributed by atoms with E-state index in [4.69, 9.17) is 4.74 Å². The smallest absolute Gasteiger partial charge is 0.238 e. The van der Waals surface area contributed by atoms with Gasteiger partial charge in [0.05, 0.1) is 19.8 Å². The molecule has 2 N–H and O–H groups in total. The third-order valence-corrected chi connectivity index (χ3v) is 4.27. The van der Waals surface area contributed by atoms with Crippen molar-refractivity contribution in [1.29, 1.82) is 0 Å². The van der Waals surface area contributed by atoms with Crippen LogP contribution in [0.3, 0.4) is 0 Å². The number of nitrogens with one attached hydrogen (secondary N) is 2. The lowest BCUT2D eigenvalue weighted by Crippen LogP contribution is -2.29. The maximum atomic E-state index is 11.9. The Kier molecular flexibility index (Phi) is 6.60. The van der Waals surface area contributed by atoms with Gasteiger partial charge < -0.3 is 15.4 Å². The van der Waals surface area contributed by atoms with E-state index in [0.717, 1.165) is 30.1 Å². The van der Waals surface area contributed by atoms with Crippen LogP contribution in [-0.4, -0.2) is 25.6 Å². The zero-order valence-electron chi connectivity index (χ0n) is 14.5. The average Bonchev–Trinajstić information content (AvgIpc) is 3.44. The summed E-state index contributed by atoms with van der Waals surface area (Å²) >= 11 is 0. The first-order valence-corrected chi connectivity index (χ1v) is 9.01. The number of hydrogen-bond donors (Lipinski definition) is 2. The van der Waals surface area contributed by atoms with Gasteiger partial charge in [-0.3, -0.25) is 4.79 Å². The second-order valence-electron chi connectivity index (χ2n) is 6.61. The van der Waals surface area contributed by atoms with E-state index in [1.165, 1.54) is 18.4 Å². The van der Waals surface area contributed by atoms with E-state index >= 15 is 0 Å². The molecule has 0 bridgehead atoms. The lowest BCUT2D eigenvalue weighted by atomic mass is 10.2. The van der Waals surface area contributed by atoms with Gasteiger partial charge in [0, 0.05) is 5.69 Å². The summed E-state index contributed by atoms with van der Waals surface area (Å²) in [5.41, 5.74) is 3.17. The molecule has 0 spiro atoms. The molecule has 1 aliphatic carbocycles. The molecular weight excluding hydrogens is 312 g/mol. The number of anilines is 1. The lowest BCUT2D eigenvalue weighted by Gasteiger charge is -2.09. The second kappa shape index (κ2) is 9.35. The molecule has 1 fully saturated rings. The molecule has 3 rings (SSSR count). The largest absolute Gasteiger partial charge is 0.376 e. The Hall–Kier alpha value is -2.17. The molecule has 2 aromatic carbocycles. The molecule has 25 heavy (non-hydrogen) atoms. The Morgan fingerprint density at radius 1 is 1.04 bits per heavy atom. The minimum absolute atomic E-state index is 0.00259. The molecule has 0 aromatic heterocycles. The van der Waals surface area contributed by atoms with E-state index in [-0.39, 0.29) is 5.91 Å². The fourth-order valence-electron chi connectivity index (χ4n) is 2.68. The third kappa shape index (κ3) is 6.69. The molecule has 0 atom stereocenters. The van der Waals surface area contributed by atoms with Crippen molar-refractivity contribution in [3.8, 4) is 0 Å². The Balaban J connectivity index is 1.37. The van der Waals surface area contributed by atoms with Crippen molar-refractivity contribution in [2.75, 3.05) is 25.0 Å². The van der Waals surface area contributed by atoms with Gasteiger partial charge >= 0.3 is 0 Å². The van der Waals surface area contributed by atoms with Crippen LogP contribution in [0.5, 0.6) is 0 Å². The summed E-state index contributed by atoms with van der Waals surface area (Å²) in [6.45, 7) is 2.55. The molecule has 1 amide bonds. The predicted octanol–water partition coefficient (Wildman–Crippen LogP) is 3.38. The average molecular weight is 338 g/mol. The van der Waals surface area contributed by atoms with Crippen molar-refractivity contribution < 1.29 is 9.53 Å². The Bertz CT molecular complexity index is 669. The van der Waals surface area contributed by atoms with Crippen molar-refractivity contribution in [3.05, 3.63) is 65.7 Å². The van der Waals surface area contributed by atoms with Gasteiger partial charge in [0.15, 0.2) is 0 Å². The predicted molar refractivity (Wildman–Crippen MR) is 100 cm³/mol. The Labute approximate surface area is 149 Å².